The monoisotopic (exact) mass is 323 g/mol. The molecule has 2 aromatic carbocycles. The van der Waals surface area contributed by atoms with Crippen molar-refractivity contribution in [3.63, 3.8) is 0 Å². The van der Waals surface area contributed by atoms with E-state index in [2.05, 4.69) is 10.1 Å². The molecule has 0 saturated carbocycles. The Morgan fingerprint density at radius 1 is 1.09 bits per heavy atom. The summed E-state index contributed by atoms with van der Waals surface area (Å²) in [5.74, 6) is 0. The predicted molar refractivity (Wildman–Crippen MR) is 96.6 cm³/mol. The Labute approximate surface area is 138 Å². The Morgan fingerprint density at radius 3 is 2.52 bits per heavy atom. The van der Waals surface area contributed by atoms with Crippen molar-refractivity contribution in [1.29, 1.82) is 0 Å². The summed E-state index contributed by atoms with van der Waals surface area (Å²) >= 11 is 1.64. The molecule has 3 rings (SSSR count). The van der Waals surface area contributed by atoms with Gasteiger partial charge in [-0.15, -0.1) is 11.8 Å². The molecule has 116 valence electrons. The van der Waals surface area contributed by atoms with E-state index < -0.39 is 0 Å². The van der Waals surface area contributed by atoms with Crippen LogP contribution in [0.4, 0.5) is 5.69 Å². The maximum atomic E-state index is 12.6. The van der Waals surface area contributed by atoms with Gasteiger partial charge in [0.2, 0.25) is 0 Å². The molecule has 0 aliphatic carbocycles. The van der Waals surface area contributed by atoms with E-state index in [0.717, 1.165) is 22.0 Å². The third-order valence-electron chi connectivity index (χ3n) is 3.55. The number of hydrogen-bond acceptors (Lipinski definition) is 3. The van der Waals surface area contributed by atoms with Gasteiger partial charge in [-0.05, 0) is 37.4 Å². The van der Waals surface area contributed by atoms with Gasteiger partial charge in [0.25, 0.3) is 5.56 Å². The van der Waals surface area contributed by atoms with E-state index in [-0.39, 0.29) is 5.56 Å². The molecule has 1 N–H and O–H groups in total. The molecule has 3 aromatic rings. The first-order chi connectivity index (χ1) is 11.2. The fourth-order valence-electron chi connectivity index (χ4n) is 2.34. The number of aromatic amines is 1. The molecule has 0 aliphatic heterocycles. The Hall–Kier alpha value is -2.53. The number of aliphatic imine (C=N–C) groups is 1. The summed E-state index contributed by atoms with van der Waals surface area (Å²) in [4.78, 5) is 18.2. The highest BCUT2D eigenvalue weighted by Crippen LogP contribution is 2.27. The van der Waals surface area contributed by atoms with E-state index in [9.17, 15) is 4.79 Å². The maximum Gasteiger partial charge on any atom is 0.280 e. The zero-order valence-corrected chi connectivity index (χ0v) is 13.8. The predicted octanol–water partition coefficient (Wildman–Crippen LogP) is 3.95. The highest BCUT2D eigenvalue weighted by atomic mass is 32.2. The molecule has 0 spiro atoms. The van der Waals surface area contributed by atoms with Crippen molar-refractivity contribution in [2.45, 2.75) is 11.8 Å². The molecule has 23 heavy (non-hydrogen) atoms. The third kappa shape index (κ3) is 3.14. The summed E-state index contributed by atoms with van der Waals surface area (Å²) < 4.78 is 1.54. The molecule has 4 nitrogen and oxygen atoms in total. The number of hydrogen-bond donors (Lipinski definition) is 1. The quantitative estimate of drug-likeness (QED) is 0.584. The first-order valence-corrected chi connectivity index (χ1v) is 8.47. The van der Waals surface area contributed by atoms with E-state index in [1.165, 1.54) is 4.68 Å². The van der Waals surface area contributed by atoms with Crippen LogP contribution in [0.3, 0.4) is 0 Å². The van der Waals surface area contributed by atoms with Crippen LogP contribution < -0.4 is 5.56 Å². The first-order valence-electron chi connectivity index (χ1n) is 7.25. The van der Waals surface area contributed by atoms with Gasteiger partial charge in [-0.25, -0.2) is 4.68 Å². The lowest BCUT2D eigenvalue weighted by Crippen LogP contribution is -2.17. The normalized spacial score (nSPS) is 11.2. The fourth-order valence-corrected chi connectivity index (χ4v) is 2.89. The Morgan fingerprint density at radius 2 is 1.78 bits per heavy atom. The van der Waals surface area contributed by atoms with Crippen LogP contribution >= 0.6 is 11.8 Å². The SMILES string of the molecule is CSc1ccccc1N=Cc1c(C)[nH]n(-c2ccccc2)c1=O. The Bertz CT molecular complexity index is 894. The lowest BCUT2D eigenvalue weighted by molar-refractivity contribution is 0.835. The second kappa shape index (κ2) is 6.71. The zero-order chi connectivity index (χ0) is 16.2. The van der Waals surface area contributed by atoms with Gasteiger partial charge < -0.3 is 0 Å². The smallest absolute Gasteiger partial charge is 0.280 e. The van der Waals surface area contributed by atoms with Crippen molar-refractivity contribution < 1.29 is 0 Å². The molecular formula is C18H17N3OS. The summed E-state index contributed by atoms with van der Waals surface area (Å²) in [6, 6.07) is 17.4. The van der Waals surface area contributed by atoms with Crippen LogP contribution in [-0.2, 0) is 0 Å². The van der Waals surface area contributed by atoms with Crippen molar-refractivity contribution in [2.24, 2.45) is 4.99 Å². The summed E-state index contributed by atoms with van der Waals surface area (Å²) in [6.45, 7) is 1.88. The number of aryl methyl sites for hydroxylation is 1. The van der Waals surface area contributed by atoms with Crippen LogP contribution in [0.1, 0.15) is 11.3 Å². The number of H-pyrrole nitrogens is 1. The summed E-state index contributed by atoms with van der Waals surface area (Å²) in [6.07, 6.45) is 3.65. The molecule has 0 unspecified atom stereocenters. The molecule has 0 amide bonds. The van der Waals surface area contributed by atoms with Crippen molar-refractivity contribution >= 4 is 23.7 Å². The molecule has 0 fully saturated rings. The molecule has 0 atom stereocenters. The van der Waals surface area contributed by atoms with E-state index in [1.807, 2.05) is 67.8 Å². The molecule has 0 bridgehead atoms. The minimum Gasteiger partial charge on any atom is -0.295 e. The number of rotatable bonds is 4. The molecule has 0 radical (unpaired) electrons. The largest absolute Gasteiger partial charge is 0.295 e. The van der Waals surface area contributed by atoms with Gasteiger partial charge in [-0.1, -0.05) is 30.3 Å². The summed E-state index contributed by atoms with van der Waals surface area (Å²) in [5, 5.41) is 3.10. The molecule has 1 heterocycles. The summed E-state index contributed by atoms with van der Waals surface area (Å²) in [5.41, 5.74) is 2.95. The van der Waals surface area contributed by atoms with Crippen LogP contribution in [0.15, 0.2) is 69.3 Å². The van der Waals surface area contributed by atoms with Crippen LogP contribution in [-0.4, -0.2) is 22.3 Å². The van der Waals surface area contributed by atoms with Gasteiger partial charge in [0, 0.05) is 16.8 Å². The van der Waals surface area contributed by atoms with Crippen LogP contribution in [0.2, 0.25) is 0 Å². The highest BCUT2D eigenvalue weighted by molar-refractivity contribution is 7.98. The standard InChI is InChI=1S/C18H17N3OS/c1-13-15(12-19-16-10-6-7-11-17(16)23-2)18(22)21(20-13)14-8-4-3-5-9-14/h3-12,20H,1-2H3. The molecular weight excluding hydrogens is 306 g/mol. The van der Waals surface area contributed by atoms with Crippen molar-refractivity contribution in [3.8, 4) is 5.69 Å². The van der Waals surface area contributed by atoms with E-state index in [4.69, 9.17) is 0 Å². The van der Waals surface area contributed by atoms with Crippen molar-refractivity contribution in [3.05, 3.63) is 76.2 Å². The summed E-state index contributed by atoms with van der Waals surface area (Å²) in [7, 11) is 0. The minimum absolute atomic E-state index is 0.0981. The van der Waals surface area contributed by atoms with Gasteiger partial charge >= 0.3 is 0 Å². The molecule has 0 saturated heterocycles. The lowest BCUT2D eigenvalue weighted by atomic mass is 10.2. The number of nitrogens with one attached hydrogen (secondary N) is 1. The van der Waals surface area contributed by atoms with Crippen molar-refractivity contribution in [1.82, 2.24) is 9.78 Å². The van der Waals surface area contributed by atoms with Gasteiger partial charge in [-0.3, -0.25) is 14.9 Å². The molecule has 0 aliphatic rings. The van der Waals surface area contributed by atoms with E-state index in [1.54, 1.807) is 18.0 Å². The van der Waals surface area contributed by atoms with Gasteiger partial charge in [0.15, 0.2) is 0 Å². The van der Waals surface area contributed by atoms with Gasteiger partial charge in [0.1, 0.15) is 0 Å². The third-order valence-corrected chi connectivity index (χ3v) is 4.33. The average Bonchev–Trinajstić information content (AvgIpc) is 2.88. The van der Waals surface area contributed by atoms with E-state index in [0.29, 0.717) is 5.56 Å². The molecule has 1 aromatic heterocycles. The number of aromatic nitrogens is 2. The Kier molecular flexibility index (Phi) is 4.48. The number of benzene rings is 2. The van der Waals surface area contributed by atoms with E-state index >= 15 is 0 Å². The second-order valence-electron chi connectivity index (χ2n) is 5.06. The van der Waals surface area contributed by atoms with Crippen LogP contribution in [0.25, 0.3) is 5.69 Å². The minimum atomic E-state index is -0.0981. The average molecular weight is 323 g/mol. The van der Waals surface area contributed by atoms with Crippen molar-refractivity contribution in [2.75, 3.05) is 6.26 Å². The number of para-hydroxylation sites is 2. The Balaban J connectivity index is 2.00. The van der Waals surface area contributed by atoms with Crippen LogP contribution in [0.5, 0.6) is 0 Å². The fraction of sp³-hybridized carbons (Fsp3) is 0.111. The van der Waals surface area contributed by atoms with Gasteiger partial charge in [0.05, 0.1) is 16.9 Å². The topological polar surface area (TPSA) is 50.1 Å². The maximum absolute atomic E-state index is 12.6. The highest BCUT2D eigenvalue weighted by Gasteiger charge is 2.10. The number of thioether (sulfide) groups is 1. The lowest BCUT2D eigenvalue weighted by Gasteiger charge is -2.00. The van der Waals surface area contributed by atoms with Crippen LogP contribution in [0, 0.1) is 6.92 Å². The molecule has 5 heteroatoms. The number of nitrogens with zero attached hydrogens (tertiary/aromatic N) is 2. The first kappa shape index (κ1) is 15.4. The van der Waals surface area contributed by atoms with Gasteiger partial charge in [-0.2, -0.15) is 0 Å². The second-order valence-corrected chi connectivity index (χ2v) is 5.90. The zero-order valence-electron chi connectivity index (χ0n) is 13.0.